The highest BCUT2D eigenvalue weighted by Gasteiger charge is 2.47. The van der Waals surface area contributed by atoms with E-state index in [1.165, 1.54) is 0 Å². The zero-order valence-corrected chi connectivity index (χ0v) is 18.4. The first-order valence-electron chi connectivity index (χ1n) is 10.5. The number of carbonyl (C=O) groups is 2. The third-order valence-electron chi connectivity index (χ3n) is 7.24. The van der Waals surface area contributed by atoms with E-state index in [0.717, 1.165) is 12.8 Å². The van der Waals surface area contributed by atoms with Gasteiger partial charge in [0.1, 0.15) is 6.23 Å². The molecule has 2 aliphatic rings. The zero-order valence-electron chi connectivity index (χ0n) is 18.4. The summed E-state index contributed by atoms with van der Waals surface area (Å²) in [4.78, 5) is 28.2. The molecule has 2 unspecified atom stereocenters. The summed E-state index contributed by atoms with van der Waals surface area (Å²) in [5.74, 6) is 0.151. The molecule has 2 saturated heterocycles. The monoisotopic (exact) mass is 391 g/mol. The molecule has 0 saturated carbocycles. The van der Waals surface area contributed by atoms with Gasteiger partial charge in [-0.1, -0.05) is 27.7 Å². The van der Waals surface area contributed by atoms with Crippen molar-refractivity contribution in [3.63, 3.8) is 0 Å². The smallest absolute Gasteiger partial charge is 0.224 e. The predicted molar refractivity (Wildman–Crippen MR) is 108 cm³/mol. The van der Waals surface area contributed by atoms with Crippen molar-refractivity contribution in [3.8, 4) is 6.07 Å². The number of hydrogen-bond acceptors (Lipinski definition) is 4. The molecular formula is C22H37N3O3. The maximum atomic E-state index is 12.6. The Morgan fingerprint density at radius 2 is 1.46 bits per heavy atom. The minimum atomic E-state index is -0.836. The molecule has 28 heavy (non-hydrogen) atoms. The molecular weight excluding hydrogens is 354 g/mol. The van der Waals surface area contributed by atoms with Gasteiger partial charge in [0, 0.05) is 32.0 Å². The fraction of sp³-hybridized carbons (Fsp3) is 0.864. The first kappa shape index (κ1) is 22.7. The molecule has 2 fully saturated rings. The Morgan fingerprint density at radius 1 is 0.964 bits per heavy atom. The number of carbonyl (C=O) groups excluding carboxylic acids is 2. The van der Waals surface area contributed by atoms with E-state index in [1.807, 2.05) is 18.7 Å². The van der Waals surface area contributed by atoms with Crippen molar-refractivity contribution >= 4 is 11.8 Å². The lowest BCUT2D eigenvalue weighted by molar-refractivity contribution is -0.142. The molecule has 1 N–H and O–H groups in total. The van der Waals surface area contributed by atoms with Crippen molar-refractivity contribution in [3.05, 3.63) is 0 Å². The van der Waals surface area contributed by atoms with E-state index in [2.05, 4.69) is 33.8 Å². The number of aliphatic hydroxyl groups is 1. The Kier molecular flexibility index (Phi) is 6.50. The lowest BCUT2D eigenvalue weighted by Gasteiger charge is -2.48. The summed E-state index contributed by atoms with van der Waals surface area (Å²) in [5, 5.41) is 20.4. The van der Waals surface area contributed by atoms with Gasteiger partial charge in [-0.25, -0.2) is 0 Å². The van der Waals surface area contributed by atoms with Crippen LogP contribution >= 0.6 is 0 Å². The Labute approximate surface area is 169 Å². The maximum absolute atomic E-state index is 12.6. The molecule has 2 aliphatic heterocycles. The Hall–Kier alpha value is -1.61. The number of rotatable bonds is 8. The average Bonchev–Trinajstić information content (AvgIpc) is 3.20. The second-order valence-electron chi connectivity index (χ2n) is 10.4. The highest BCUT2D eigenvalue weighted by atomic mass is 16.3. The molecule has 2 amide bonds. The number of nitriles is 1. The second-order valence-corrected chi connectivity index (χ2v) is 10.4. The van der Waals surface area contributed by atoms with Crippen LogP contribution < -0.4 is 0 Å². The van der Waals surface area contributed by atoms with E-state index in [1.54, 1.807) is 4.90 Å². The fourth-order valence-electron chi connectivity index (χ4n) is 4.40. The van der Waals surface area contributed by atoms with Crippen LogP contribution in [-0.4, -0.2) is 52.1 Å². The molecule has 0 radical (unpaired) electrons. The highest BCUT2D eigenvalue weighted by molar-refractivity contribution is 5.79. The number of nitrogens with zero attached hydrogens (tertiary/aromatic N) is 3. The van der Waals surface area contributed by atoms with Gasteiger partial charge in [-0.05, 0) is 50.4 Å². The van der Waals surface area contributed by atoms with Crippen LogP contribution in [0.25, 0.3) is 0 Å². The van der Waals surface area contributed by atoms with E-state index in [9.17, 15) is 20.0 Å². The summed E-state index contributed by atoms with van der Waals surface area (Å²) in [5.41, 5.74) is -1.26. The van der Waals surface area contributed by atoms with Crippen LogP contribution in [0.5, 0.6) is 0 Å². The van der Waals surface area contributed by atoms with Crippen LogP contribution in [-0.2, 0) is 9.59 Å². The molecule has 6 heteroatoms. The molecule has 158 valence electrons. The van der Waals surface area contributed by atoms with Crippen LogP contribution in [0.3, 0.4) is 0 Å². The molecule has 6 nitrogen and oxygen atoms in total. The summed E-state index contributed by atoms with van der Waals surface area (Å²) < 4.78 is 0. The molecule has 0 bridgehead atoms. The van der Waals surface area contributed by atoms with Gasteiger partial charge in [0.05, 0.1) is 11.5 Å². The third kappa shape index (κ3) is 4.51. The first-order chi connectivity index (χ1) is 12.8. The van der Waals surface area contributed by atoms with Gasteiger partial charge in [-0.3, -0.25) is 9.59 Å². The standard InChI is InChI=1S/C22H37N3O3/c1-20(2,14-19(28)25-12-8-10-18(25)27)16(24-11-7-9-17(24)26)13-21(3,4)22(5,6)15-23/h16,19,28H,7-14H2,1-6H3. The largest absolute Gasteiger partial charge is 0.374 e. The van der Waals surface area contributed by atoms with Crippen LogP contribution in [0, 0.1) is 27.6 Å². The molecule has 2 atom stereocenters. The van der Waals surface area contributed by atoms with Crippen LogP contribution in [0.2, 0.25) is 0 Å². The fourth-order valence-corrected chi connectivity index (χ4v) is 4.40. The summed E-state index contributed by atoms with van der Waals surface area (Å²) in [6, 6.07) is 2.33. The van der Waals surface area contributed by atoms with E-state index in [-0.39, 0.29) is 23.3 Å². The van der Waals surface area contributed by atoms with Crippen molar-refractivity contribution in [2.24, 2.45) is 16.2 Å². The summed E-state index contributed by atoms with van der Waals surface area (Å²) >= 11 is 0. The van der Waals surface area contributed by atoms with E-state index >= 15 is 0 Å². The Bertz CT molecular complexity index is 648. The van der Waals surface area contributed by atoms with Crippen molar-refractivity contribution in [2.75, 3.05) is 13.1 Å². The van der Waals surface area contributed by atoms with E-state index in [0.29, 0.717) is 38.8 Å². The Morgan fingerprint density at radius 3 is 1.89 bits per heavy atom. The minimum absolute atomic E-state index is 0.00282. The zero-order chi connectivity index (χ0) is 21.3. The van der Waals surface area contributed by atoms with Gasteiger partial charge in [0.25, 0.3) is 0 Å². The lowest BCUT2D eigenvalue weighted by Crippen LogP contribution is -2.52. The van der Waals surface area contributed by atoms with Gasteiger partial charge in [-0.2, -0.15) is 5.26 Å². The quantitative estimate of drug-likeness (QED) is 0.688. The Balaban J connectivity index is 2.28. The normalized spacial score (nSPS) is 21.2. The third-order valence-corrected chi connectivity index (χ3v) is 7.24. The summed E-state index contributed by atoms with van der Waals surface area (Å²) in [7, 11) is 0. The van der Waals surface area contributed by atoms with Crippen molar-refractivity contribution in [1.82, 2.24) is 9.80 Å². The number of likely N-dealkylation sites (tertiary alicyclic amines) is 2. The van der Waals surface area contributed by atoms with Gasteiger partial charge in [0.2, 0.25) is 11.8 Å². The molecule has 2 rings (SSSR count). The predicted octanol–water partition coefficient (Wildman–Crippen LogP) is 3.30. The molecule has 0 spiro atoms. The second kappa shape index (κ2) is 8.02. The number of amides is 2. The number of hydrogen-bond donors (Lipinski definition) is 1. The van der Waals surface area contributed by atoms with Gasteiger partial charge >= 0.3 is 0 Å². The number of aliphatic hydroxyl groups excluding tert-OH is 1. The van der Waals surface area contributed by atoms with Crippen molar-refractivity contribution < 1.29 is 14.7 Å². The van der Waals surface area contributed by atoms with Gasteiger partial charge in [-0.15, -0.1) is 0 Å². The van der Waals surface area contributed by atoms with Crippen LogP contribution in [0.4, 0.5) is 0 Å². The maximum Gasteiger partial charge on any atom is 0.224 e. The van der Waals surface area contributed by atoms with Gasteiger partial charge < -0.3 is 14.9 Å². The summed E-state index contributed by atoms with van der Waals surface area (Å²) in [6.45, 7) is 13.5. The molecule has 2 heterocycles. The summed E-state index contributed by atoms with van der Waals surface area (Å²) in [6.07, 6.45) is 2.94. The first-order valence-corrected chi connectivity index (χ1v) is 10.5. The topological polar surface area (TPSA) is 84.6 Å². The average molecular weight is 392 g/mol. The van der Waals surface area contributed by atoms with Crippen molar-refractivity contribution in [1.29, 1.82) is 5.26 Å². The lowest BCUT2D eigenvalue weighted by atomic mass is 9.62. The van der Waals surface area contributed by atoms with Crippen LogP contribution in [0.1, 0.15) is 80.1 Å². The molecule has 0 aliphatic carbocycles. The SMILES string of the molecule is CC(C)(CC(O)N1CCCC1=O)C(CC(C)(C)C(C)(C)C#N)N1CCCC1=O. The van der Waals surface area contributed by atoms with Gasteiger partial charge in [0.15, 0.2) is 0 Å². The molecule has 0 aromatic carbocycles. The van der Waals surface area contributed by atoms with E-state index in [4.69, 9.17) is 0 Å². The van der Waals surface area contributed by atoms with E-state index < -0.39 is 17.1 Å². The van der Waals surface area contributed by atoms with Crippen molar-refractivity contribution in [2.45, 2.75) is 92.3 Å². The minimum Gasteiger partial charge on any atom is -0.374 e. The molecule has 0 aromatic heterocycles. The highest BCUT2D eigenvalue weighted by Crippen LogP contribution is 2.47. The van der Waals surface area contributed by atoms with Crippen LogP contribution in [0.15, 0.2) is 0 Å². The molecule has 0 aromatic rings.